The molecule has 4 nitrogen and oxygen atoms in total. The molecule has 0 aliphatic carbocycles. The fourth-order valence-electron chi connectivity index (χ4n) is 2.10. The number of rotatable bonds is 5. The molecule has 0 saturated carbocycles. The Morgan fingerprint density at radius 2 is 1.76 bits per heavy atom. The van der Waals surface area contributed by atoms with Gasteiger partial charge in [-0.3, -0.25) is 14.6 Å². The summed E-state index contributed by atoms with van der Waals surface area (Å²) in [6.07, 6.45) is 1.18. The van der Waals surface area contributed by atoms with Crippen molar-refractivity contribution in [2.75, 3.05) is 32.7 Å². The molecule has 1 aliphatic heterocycles. The Kier molecular flexibility index (Phi) is 5.92. The lowest BCUT2D eigenvalue weighted by Crippen LogP contribution is -2.50. The lowest BCUT2D eigenvalue weighted by Gasteiger charge is -2.37. The average molecular weight is 242 g/mol. The quantitative estimate of drug-likeness (QED) is 0.681. The zero-order valence-electron chi connectivity index (χ0n) is 11.6. The van der Waals surface area contributed by atoms with E-state index in [0.29, 0.717) is 12.6 Å². The van der Waals surface area contributed by atoms with Crippen LogP contribution in [0.4, 0.5) is 0 Å². The molecule has 17 heavy (non-hydrogen) atoms. The van der Waals surface area contributed by atoms with Crippen LogP contribution < -0.4 is 0 Å². The van der Waals surface area contributed by atoms with Gasteiger partial charge in [0, 0.05) is 32.2 Å². The number of carbonyl (C=O) groups excluding carboxylic acids is 1. The van der Waals surface area contributed by atoms with Crippen LogP contribution in [0.2, 0.25) is 0 Å². The number of ether oxygens (including phenoxy) is 1. The number of hydrogen-bond donors (Lipinski definition) is 0. The molecular formula is C13H26N2O2. The Morgan fingerprint density at radius 1 is 1.18 bits per heavy atom. The van der Waals surface area contributed by atoms with Gasteiger partial charge in [-0.25, -0.2) is 0 Å². The zero-order chi connectivity index (χ0) is 12.8. The summed E-state index contributed by atoms with van der Waals surface area (Å²) in [7, 11) is 0. The van der Waals surface area contributed by atoms with E-state index >= 15 is 0 Å². The molecule has 1 rings (SSSR count). The van der Waals surface area contributed by atoms with Gasteiger partial charge in [-0.15, -0.1) is 0 Å². The van der Waals surface area contributed by atoms with Crippen molar-refractivity contribution < 1.29 is 9.53 Å². The van der Waals surface area contributed by atoms with E-state index in [4.69, 9.17) is 4.74 Å². The first-order valence-electron chi connectivity index (χ1n) is 6.68. The van der Waals surface area contributed by atoms with Gasteiger partial charge in [0.1, 0.15) is 0 Å². The summed E-state index contributed by atoms with van der Waals surface area (Å²) in [6.45, 7) is 12.8. The molecule has 1 atom stereocenters. The van der Waals surface area contributed by atoms with Crippen molar-refractivity contribution in [3.8, 4) is 0 Å². The van der Waals surface area contributed by atoms with Gasteiger partial charge in [-0.05, 0) is 27.2 Å². The zero-order valence-corrected chi connectivity index (χ0v) is 11.6. The molecule has 1 unspecified atom stereocenters. The predicted octanol–water partition coefficient (Wildman–Crippen LogP) is 1.35. The van der Waals surface area contributed by atoms with Crippen LogP contribution in [0.3, 0.4) is 0 Å². The fraction of sp³-hybridized carbons (Fsp3) is 0.923. The van der Waals surface area contributed by atoms with Crippen LogP contribution in [-0.2, 0) is 9.53 Å². The highest BCUT2D eigenvalue weighted by Gasteiger charge is 2.21. The molecule has 0 N–H and O–H groups in total. The van der Waals surface area contributed by atoms with Crippen LogP contribution >= 0.6 is 0 Å². The van der Waals surface area contributed by atoms with Gasteiger partial charge in [0.05, 0.1) is 12.6 Å². The lowest BCUT2D eigenvalue weighted by molar-refractivity contribution is -0.149. The van der Waals surface area contributed by atoms with E-state index in [1.807, 2.05) is 13.8 Å². The van der Waals surface area contributed by atoms with Crippen LogP contribution in [0, 0.1) is 0 Å². The summed E-state index contributed by atoms with van der Waals surface area (Å²) < 4.78 is 5.15. The van der Waals surface area contributed by atoms with Crippen molar-refractivity contribution in [3.05, 3.63) is 0 Å². The highest BCUT2D eigenvalue weighted by atomic mass is 16.5. The SMILES string of the molecule is CCC(C)N1CCN(CC(=O)OC(C)C)CC1. The van der Waals surface area contributed by atoms with Gasteiger partial charge in [-0.2, -0.15) is 0 Å². The van der Waals surface area contributed by atoms with E-state index in [2.05, 4.69) is 23.6 Å². The number of nitrogens with zero attached hydrogens (tertiary/aromatic N) is 2. The summed E-state index contributed by atoms with van der Waals surface area (Å²) in [5.41, 5.74) is 0. The standard InChI is InChI=1S/C13H26N2O2/c1-5-12(4)15-8-6-14(7-9-15)10-13(16)17-11(2)3/h11-12H,5-10H2,1-4H3. The van der Waals surface area contributed by atoms with E-state index in [0.717, 1.165) is 26.2 Å². The summed E-state index contributed by atoms with van der Waals surface area (Å²) in [5.74, 6) is -0.100. The third-order valence-corrected chi connectivity index (χ3v) is 3.34. The van der Waals surface area contributed by atoms with Gasteiger partial charge in [0.2, 0.25) is 0 Å². The topological polar surface area (TPSA) is 32.8 Å². The smallest absolute Gasteiger partial charge is 0.320 e. The highest BCUT2D eigenvalue weighted by Crippen LogP contribution is 2.08. The molecule has 1 aliphatic rings. The summed E-state index contributed by atoms with van der Waals surface area (Å²) in [4.78, 5) is 16.2. The Bertz CT molecular complexity index is 236. The first-order chi connectivity index (χ1) is 8.02. The average Bonchev–Trinajstić information content (AvgIpc) is 2.28. The molecule has 1 heterocycles. The third kappa shape index (κ3) is 5.04. The monoisotopic (exact) mass is 242 g/mol. The summed E-state index contributed by atoms with van der Waals surface area (Å²) in [6, 6.07) is 0.653. The van der Waals surface area contributed by atoms with E-state index in [1.165, 1.54) is 6.42 Å². The Hall–Kier alpha value is -0.610. The second-order valence-corrected chi connectivity index (χ2v) is 5.11. The molecule has 0 radical (unpaired) electrons. The molecule has 0 aromatic heterocycles. The molecule has 4 heteroatoms. The van der Waals surface area contributed by atoms with Gasteiger partial charge < -0.3 is 4.74 Å². The summed E-state index contributed by atoms with van der Waals surface area (Å²) >= 11 is 0. The fourth-order valence-corrected chi connectivity index (χ4v) is 2.10. The third-order valence-electron chi connectivity index (χ3n) is 3.34. The predicted molar refractivity (Wildman–Crippen MR) is 69.0 cm³/mol. The van der Waals surface area contributed by atoms with Crippen molar-refractivity contribution >= 4 is 5.97 Å². The number of piperazine rings is 1. The molecule has 0 aromatic rings. The second-order valence-electron chi connectivity index (χ2n) is 5.11. The van der Waals surface area contributed by atoms with Crippen LogP contribution in [0.25, 0.3) is 0 Å². The highest BCUT2D eigenvalue weighted by molar-refractivity contribution is 5.71. The Labute approximate surface area is 105 Å². The van der Waals surface area contributed by atoms with Crippen molar-refractivity contribution in [1.29, 1.82) is 0 Å². The van der Waals surface area contributed by atoms with Gasteiger partial charge in [-0.1, -0.05) is 6.92 Å². The molecule has 1 saturated heterocycles. The van der Waals surface area contributed by atoms with Gasteiger partial charge >= 0.3 is 5.97 Å². The maximum Gasteiger partial charge on any atom is 0.320 e. The minimum atomic E-state index is -0.100. The van der Waals surface area contributed by atoms with Crippen molar-refractivity contribution in [1.82, 2.24) is 9.80 Å². The minimum absolute atomic E-state index is 0.0103. The number of carbonyl (C=O) groups is 1. The van der Waals surface area contributed by atoms with E-state index in [-0.39, 0.29) is 12.1 Å². The summed E-state index contributed by atoms with van der Waals surface area (Å²) in [5, 5.41) is 0. The molecule has 0 aromatic carbocycles. The van der Waals surface area contributed by atoms with Crippen LogP contribution in [0.5, 0.6) is 0 Å². The van der Waals surface area contributed by atoms with Crippen molar-refractivity contribution in [2.24, 2.45) is 0 Å². The molecule has 1 fully saturated rings. The maximum atomic E-state index is 11.5. The van der Waals surface area contributed by atoms with Crippen LogP contribution in [0.1, 0.15) is 34.1 Å². The van der Waals surface area contributed by atoms with Gasteiger partial charge in [0.15, 0.2) is 0 Å². The molecule has 0 spiro atoms. The molecule has 0 amide bonds. The number of esters is 1. The second kappa shape index (κ2) is 6.97. The minimum Gasteiger partial charge on any atom is -0.462 e. The van der Waals surface area contributed by atoms with Gasteiger partial charge in [0.25, 0.3) is 0 Å². The van der Waals surface area contributed by atoms with E-state index in [9.17, 15) is 4.79 Å². The van der Waals surface area contributed by atoms with Crippen molar-refractivity contribution in [3.63, 3.8) is 0 Å². The van der Waals surface area contributed by atoms with Crippen LogP contribution in [0.15, 0.2) is 0 Å². The molecule has 0 bridgehead atoms. The van der Waals surface area contributed by atoms with E-state index < -0.39 is 0 Å². The normalized spacial score (nSPS) is 20.5. The van der Waals surface area contributed by atoms with Crippen molar-refractivity contribution in [2.45, 2.75) is 46.3 Å². The largest absolute Gasteiger partial charge is 0.462 e. The molecular weight excluding hydrogens is 216 g/mol. The maximum absolute atomic E-state index is 11.5. The Morgan fingerprint density at radius 3 is 2.24 bits per heavy atom. The lowest BCUT2D eigenvalue weighted by atomic mass is 10.2. The van der Waals surface area contributed by atoms with E-state index in [1.54, 1.807) is 0 Å². The number of hydrogen-bond acceptors (Lipinski definition) is 4. The molecule has 100 valence electrons. The first kappa shape index (κ1) is 14.5. The van der Waals surface area contributed by atoms with Crippen LogP contribution in [-0.4, -0.2) is 60.6 Å². The first-order valence-corrected chi connectivity index (χ1v) is 6.68. The Balaban J connectivity index is 2.25.